The Balaban J connectivity index is 2.82. The summed E-state index contributed by atoms with van der Waals surface area (Å²) < 4.78 is 22.1. The molecule has 0 aliphatic rings. The smallest absolute Gasteiger partial charge is 0.275 e. The van der Waals surface area contributed by atoms with Crippen LogP contribution < -0.4 is 5.32 Å². The highest BCUT2D eigenvalue weighted by atomic mass is 32.2. The van der Waals surface area contributed by atoms with Crippen LogP contribution in [0.4, 0.5) is 11.5 Å². The summed E-state index contributed by atoms with van der Waals surface area (Å²) in [5.74, 6) is 0.767. The Labute approximate surface area is 122 Å². The molecular weight excluding hydrogens is 302 g/mol. The van der Waals surface area contributed by atoms with E-state index in [4.69, 9.17) is 0 Å². The highest BCUT2D eigenvalue weighted by Crippen LogP contribution is 2.24. The van der Waals surface area contributed by atoms with E-state index in [9.17, 15) is 18.5 Å². The van der Waals surface area contributed by atoms with Gasteiger partial charge in [0.1, 0.15) is 20.7 Å². The summed E-state index contributed by atoms with van der Waals surface area (Å²) in [6.07, 6.45) is 2.03. The average Bonchev–Trinajstić information content (AvgIpc) is 2.34. The van der Waals surface area contributed by atoms with Gasteiger partial charge in [-0.2, -0.15) is 0 Å². The van der Waals surface area contributed by atoms with Crippen LogP contribution in [0.1, 0.15) is 13.3 Å². The normalized spacial score (nSPS) is 11.3. The third kappa shape index (κ3) is 6.20. The van der Waals surface area contributed by atoms with Gasteiger partial charge >= 0.3 is 0 Å². The second kappa shape index (κ2) is 7.44. The summed E-state index contributed by atoms with van der Waals surface area (Å²) in [6.45, 7) is 2.65. The highest BCUT2D eigenvalue weighted by molar-refractivity contribution is 8.00. The fourth-order valence-electron chi connectivity index (χ4n) is 1.31. The third-order valence-electron chi connectivity index (χ3n) is 2.26. The third-order valence-corrected chi connectivity index (χ3v) is 4.37. The Morgan fingerprint density at radius 3 is 2.70 bits per heavy atom. The second-order valence-corrected chi connectivity index (χ2v) is 7.59. The predicted octanol–water partition coefficient (Wildman–Crippen LogP) is 1.95. The first-order valence-electron chi connectivity index (χ1n) is 6.02. The number of anilines is 1. The predicted molar refractivity (Wildman–Crippen MR) is 80.1 cm³/mol. The number of sulfone groups is 1. The van der Waals surface area contributed by atoms with Crippen molar-refractivity contribution in [2.45, 2.75) is 18.4 Å². The maximum Gasteiger partial charge on any atom is 0.275 e. The molecule has 1 aromatic rings. The molecule has 0 saturated heterocycles. The van der Waals surface area contributed by atoms with E-state index in [1.54, 1.807) is 0 Å². The Hall–Kier alpha value is -1.35. The molecule has 0 fully saturated rings. The number of hydrogen-bond acceptors (Lipinski definition) is 7. The lowest BCUT2D eigenvalue weighted by atomic mass is 10.4. The van der Waals surface area contributed by atoms with Crippen molar-refractivity contribution in [2.24, 2.45) is 0 Å². The number of nitrogens with zero attached hydrogens (tertiary/aromatic N) is 2. The van der Waals surface area contributed by atoms with Crippen molar-refractivity contribution < 1.29 is 13.3 Å². The molecule has 0 amide bonds. The van der Waals surface area contributed by atoms with E-state index in [0.29, 0.717) is 23.1 Å². The van der Waals surface area contributed by atoms with E-state index in [0.717, 1.165) is 12.7 Å². The first-order chi connectivity index (χ1) is 9.31. The van der Waals surface area contributed by atoms with Crippen LogP contribution in [0.2, 0.25) is 0 Å². The van der Waals surface area contributed by atoms with Crippen LogP contribution in [-0.4, -0.2) is 42.6 Å². The topological polar surface area (TPSA) is 102 Å². The molecule has 0 bridgehead atoms. The first-order valence-corrected chi connectivity index (χ1v) is 9.07. The Kier molecular flexibility index (Phi) is 6.21. The maximum absolute atomic E-state index is 11.1. The Morgan fingerprint density at radius 2 is 2.15 bits per heavy atom. The molecule has 0 spiro atoms. The van der Waals surface area contributed by atoms with Gasteiger partial charge in [-0.3, -0.25) is 10.1 Å². The van der Waals surface area contributed by atoms with Gasteiger partial charge < -0.3 is 5.32 Å². The van der Waals surface area contributed by atoms with Crippen LogP contribution in [0.15, 0.2) is 17.2 Å². The zero-order valence-electron chi connectivity index (χ0n) is 11.3. The molecule has 1 heterocycles. The van der Waals surface area contributed by atoms with Crippen LogP contribution in [0.3, 0.4) is 0 Å². The molecule has 112 valence electrons. The van der Waals surface area contributed by atoms with Gasteiger partial charge in [-0.1, -0.05) is 6.92 Å². The molecule has 0 unspecified atom stereocenters. The number of nitrogens with one attached hydrogen (secondary N) is 1. The molecule has 0 saturated carbocycles. The van der Waals surface area contributed by atoms with Crippen LogP contribution in [0.5, 0.6) is 0 Å². The second-order valence-electron chi connectivity index (χ2n) is 4.21. The lowest BCUT2D eigenvalue weighted by molar-refractivity contribution is -0.385. The van der Waals surface area contributed by atoms with E-state index in [-0.39, 0.29) is 11.4 Å². The molecule has 7 nitrogen and oxygen atoms in total. The van der Waals surface area contributed by atoms with Gasteiger partial charge in [-0.15, -0.1) is 11.8 Å². The molecule has 1 N–H and O–H groups in total. The number of aromatic nitrogens is 1. The largest absolute Gasteiger partial charge is 0.370 e. The zero-order valence-corrected chi connectivity index (χ0v) is 13.0. The van der Waals surface area contributed by atoms with Crippen LogP contribution in [0.25, 0.3) is 0 Å². The van der Waals surface area contributed by atoms with Gasteiger partial charge in [0, 0.05) is 24.6 Å². The van der Waals surface area contributed by atoms with Crippen molar-refractivity contribution in [3.63, 3.8) is 0 Å². The van der Waals surface area contributed by atoms with Crippen molar-refractivity contribution in [2.75, 3.05) is 29.6 Å². The molecule has 0 aliphatic heterocycles. The van der Waals surface area contributed by atoms with Crippen molar-refractivity contribution in [1.82, 2.24) is 4.98 Å². The number of rotatable bonds is 8. The molecule has 0 atom stereocenters. The summed E-state index contributed by atoms with van der Waals surface area (Å²) in [7, 11) is -3.04. The summed E-state index contributed by atoms with van der Waals surface area (Å²) >= 11 is 1.19. The number of nitro groups is 1. The summed E-state index contributed by atoms with van der Waals surface area (Å²) in [5.41, 5.74) is -0.0551. The van der Waals surface area contributed by atoms with E-state index in [1.165, 1.54) is 23.9 Å². The standard InChI is InChI=1S/C11H17N3O4S2/c1-3-4-12-10-7-9(14(15)16)8-11(13-10)19-5-6-20(2,17)18/h7-8H,3-6H2,1-2H3,(H,12,13). The molecule has 0 aliphatic carbocycles. The van der Waals surface area contributed by atoms with E-state index >= 15 is 0 Å². The Morgan fingerprint density at radius 1 is 1.45 bits per heavy atom. The minimum absolute atomic E-state index is 0.0137. The molecule has 1 rings (SSSR count). The summed E-state index contributed by atoms with van der Waals surface area (Å²) in [5, 5.41) is 14.3. The lowest BCUT2D eigenvalue weighted by Gasteiger charge is -2.06. The van der Waals surface area contributed by atoms with Gasteiger partial charge in [0.05, 0.1) is 16.7 Å². The van der Waals surface area contributed by atoms with Gasteiger partial charge in [0.2, 0.25) is 0 Å². The highest BCUT2D eigenvalue weighted by Gasteiger charge is 2.12. The number of thioether (sulfide) groups is 1. The van der Waals surface area contributed by atoms with Crippen LogP contribution >= 0.6 is 11.8 Å². The number of hydrogen-bond donors (Lipinski definition) is 1. The van der Waals surface area contributed by atoms with Crippen molar-refractivity contribution in [3.05, 3.63) is 22.2 Å². The first kappa shape index (κ1) is 16.7. The van der Waals surface area contributed by atoms with Gasteiger partial charge in [0.15, 0.2) is 0 Å². The van der Waals surface area contributed by atoms with Crippen molar-refractivity contribution in [3.8, 4) is 0 Å². The van der Waals surface area contributed by atoms with Crippen molar-refractivity contribution in [1.29, 1.82) is 0 Å². The average molecular weight is 319 g/mol. The lowest BCUT2D eigenvalue weighted by Crippen LogP contribution is -2.06. The van der Waals surface area contributed by atoms with E-state index in [1.807, 2.05) is 6.92 Å². The van der Waals surface area contributed by atoms with Crippen LogP contribution in [0, 0.1) is 10.1 Å². The Bertz CT molecular complexity index is 575. The monoisotopic (exact) mass is 319 g/mol. The van der Waals surface area contributed by atoms with Gasteiger partial charge in [-0.25, -0.2) is 13.4 Å². The summed E-state index contributed by atoms with van der Waals surface area (Å²) in [4.78, 5) is 14.6. The van der Waals surface area contributed by atoms with Gasteiger partial charge in [-0.05, 0) is 6.42 Å². The SMILES string of the molecule is CCCNc1cc([N+](=O)[O-])cc(SCCS(C)(=O)=O)n1. The quantitative estimate of drug-likeness (QED) is 0.444. The molecule has 0 radical (unpaired) electrons. The van der Waals surface area contributed by atoms with Gasteiger partial charge in [0.25, 0.3) is 5.69 Å². The fourth-order valence-corrected chi connectivity index (χ4v) is 3.43. The molecular formula is C11H17N3O4S2. The van der Waals surface area contributed by atoms with Crippen molar-refractivity contribution >= 4 is 33.1 Å². The fraction of sp³-hybridized carbons (Fsp3) is 0.545. The summed E-state index contributed by atoms with van der Waals surface area (Å²) in [6, 6.07) is 2.72. The number of pyridine rings is 1. The molecule has 1 aromatic heterocycles. The molecule has 20 heavy (non-hydrogen) atoms. The maximum atomic E-state index is 11.1. The van der Waals surface area contributed by atoms with Crippen LogP contribution in [-0.2, 0) is 9.84 Å². The molecule has 0 aromatic carbocycles. The van der Waals surface area contributed by atoms with E-state index < -0.39 is 14.8 Å². The minimum atomic E-state index is -3.04. The zero-order chi connectivity index (χ0) is 15.2. The molecule has 9 heteroatoms. The minimum Gasteiger partial charge on any atom is -0.370 e. The van der Waals surface area contributed by atoms with E-state index in [2.05, 4.69) is 10.3 Å².